The molecule has 0 bridgehead atoms. The lowest BCUT2D eigenvalue weighted by Gasteiger charge is -2.01. The summed E-state index contributed by atoms with van der Waals surface area (Å²) < 4.78 is 40.5. The van der Waals surface area contributed by atoms with E-state index in [-0.39, 0.29) is 10.7 Å². The molecule has 0 aliphatic heterocycles. The van der Waals surface area contributed by atoms with Crippen LogP contribution in [-0.4, -0.2) is 16.4 Å². The molecular weight excluding hydrogens is 265 g/mol. The number of hydrogen-bond donors (Lipinski definition) is 0. The molecule has 7 heteroatoms. The summed E-state index contributed by atoms with van der Waals surface area (Å²) in [5.74, 6) is -0.211. The van der Waals surface area contributed by atoms with Crippen LogP contribution >= 0.6 is 15.9 Å². The zero-order valence-corrected chi connectivity index (χ0v) is 8.89. The van der Waals surface area contributed by atoms with Gasteiger partial charge in [0.2, 0.25) is 11.8 Å². The van der Waals surface area contributed by atoms with Crippen molar-refractivity contribution in [1.82, 2.24) is 10.2 Å². The van der Waals surface area contributed by atoms with Crippen LogP contribution in [0, 0.1) is 0 Å². The Labute approximate surface area is 86.8 Å². The van der Waals surface area contributed by atoms with Crippen molar-refractivity contribution in [3.8, 4) is 0 Å². The number of rotatable bonds is 3. The van der Waals surface area contributed by atoms with E-state index >= 15 is 0 Å². The monoisotopic (exact) mass is 272 g/mol. The van der Waals surface area contributed by atoms with Crippen molar-refractivity contribution < 1.29 is 17.6 Å². The first-order chi connectivity index (χ1) is 6.42. The SMILES string of the molecule is CCC(Br)c1nnc(CC(F)(F)F)o1. The number of hydrogen-bond acceptors (Lipinski definition) is 3. The van der Waals surface area contributed by atoms with Crippen LogP contribution < -0.4 is 0 Å². The summed E-state index contributed by atoms with van der Waals surface area (Å²) in [6.07, 6.45) is -4.81. The highest BCUT2D eigenvalue weighted by Crippen LogP contribution is 2.26. The molecule has 0 saturated heterocycles. The molecule has 0 aromatic carbocycles. The molecule has 1 aromatic heterocycles. The van der Waals surface area contributed by atoms with E-state index in [0.29, 0.717) is 6.42 Å². The van der Waals surface area contributed by atoms with E-state index in [0.717, 1.165) is 0 Å². The Morgan fingerprint density at radius 1 is 1.43 bits per heavy atom. The van der Waals surface area contributed by atoms with Gasteiger partial charge >= 0.3 is 6.18 Å². The van der Waals surface area contributed by atoms with Crippen molar-refractivity contribution in [2.45, 2.75) is 30.8 Å². The van der Waals surface area contributed by atoms with Gasteiger partial charge in [0.25, 0.3) is 0 Å². The summed E-state index contributed by atoms with van der Waals surface area (Å²) in [5.41, 5.74) is 0. The molecule has 1 unspecified atom stereocenters. The van der Waals surface area contributed by atoms with Crippen LogP contribution in [-0.2, 0) is 6.42 Å². The summed E-state index contributed by atoms with van der Waals surface area (Å²) in [5, 5.41) is 6.81. The lowest BCUT2D eigenvalue weighted by atomic mass is 10.3. The van der Waals surface area contributed by atoms with Crippen LogP contribution in [0.3, 0.4) is 0 Å². The van der Waals surface area contributed by atoms with Gasteiger partial charge in [0.15, 0.2) is 0 Å². The zero-order valence-electron chi connectivity index (χ0n) is 7.31. The smallest absolute Gasteiger partial charge is 0.397 e. The quantitative estimate of drug-likeness (QED) is 0.794. The average Bonchev–Trinajstić information content (AvgIpc) is 2.48. The largest absolute Gasteiger partial charge is 0.424 e. The molecule has 3 nitrogen and oxygen atoms in total. The number of nitrogens with zero attached hydrogens (tertiary/aromatic N) is 2. The highest BCUT2D eigenvalue weighted by atomic mass is 79.9. The molecule has 1 heterocycles. The predicted molar refractivity (Wildman–Crippen MR) is 46.0 cm³/mol. The molecule has 0 radical (unpaired) electrons. The molecule has 1 aromatic rings. The minimum atomic E-state index is -4.31. The van der Waals surface area contributed by atoms with Gasteiger partial charge in [0, 0.05) is 0 Å². The van der Waals surface area contributed by atoms with Crippen molar-refractivity contribution in [1.29, 1.82) is 0 Å². The van der Waals surface area contributed by atoms with E-state index in [2.05, 4.69) is 26.1 Å². The minimum absolute atomic E-state index is 0.183. The van der Waals surface area contributed by atoms with Crippen LogP contribution in [0.15, 0.2) is 4.42 Å². The Balaban J connectivity index is 2.69. The number of halogens is 4. The Morgan fingerprint density at radius 3 is 2.57 bits per heavy atom. The first kappa shape index (κ1) is 11.5. The third-order valence-corrected chi connectivity index (χ3v) is 2.50. The zero-order chi connectivity index (χ0) is 10.8. The second kappa shape index (κ2) is 4.29. The number of aromatic nitrogens is 2. The maximum Gasteiger partial charge on any atom is 0.397 e. The maximum absolute atomic E-state index is 11.9. The van der Waals surface area contributed by atoms with Gasteiger partial charge in [-0.05, 0) is 6.42 Å². The Bertz CT molecular complexity index is 299. The van der Waals surface area contributed by atoms with Gasteiger partial charge in [-0.3, -0.25) is 0 Å². The van der Waals surface area contributed by atoms with Crippen LogP contribution in [0.1, 0.15) is 30.0 Å². The van der Waals surface area contributed by atoms with Gasteiger partial charge in [-0.2, -0.15) is 13.2 Å². The summed E-state index contributed by atoms with van der Waals surface area (Å²) in [4.78, 5) is -0.183. The van der Waals surface area contributed by atoms with E-state index in [4.69, 9.17) is 4.42 Å². The Morgan fingerprint density at radius 2 is 2.07 bits per heavy atom. The third-order valence-electron chi connectivity index (χ3n) is 1.46. The van der Waals surface area contributed by atoms with Gasteiger partial charge in [0.1, 0.15) is 6.42 Å². The maximum atomic E-state index is 11.9. The molecule has 1 atom stereocenters. The van der Waals surface area contributed by atoms with Crippen molar-refractivity contribution in [2.24, 2.45) is 0 Å². The molecule has 80 valence electrons. The van der Waals surface area contributed by atoms with Gasteiger partial charge in [0.05, 0.1) is 4.83 Å². The van der Waals surface area contributed by atoms with E-state index in [1.807, 2.05) is 6.92 Å². The van der Waals surface area contributed by atoms with Gasteiger partial charge in [-0.1, -0.05) is 22.9 Å². The van der Waals surface area contributed by atoms with E-state index in [1.54, 1.807) is 0 Å². The van der Waals surface area contributed by atoms with Gasteiger partial charge < -0.3 is 4.42 Å². The molecule has 0 amide bonds. The lowest BCUT2D eigenvalue weighted by Crippen LogP contribution is -2.11. The van der Waals surface area contributed by atoms with E-state index < -0.39 is 18.5 Å². The molecule has 0 N–H and O–H groups in total. The van der Waals surface area contributed by atoms with Crippen molar-refractivity contribution >= 4 is 15.9 Å². The Kier molecular flexibility index (Phi) is 3.52. The molecule has 0 saturated carbocycles. The summed E-state index contributed by atoms with van der Waals surface area (Å²) in [6.45, 7) is 1.85. The van der Waals surface area contributed by atoms with Crippen LogP contribution in [0.5, 0.6) is 0 Å². The predicted octanol–water partition coefficient (Wildman–Crippen LogP) is 3.02. The van der Waals surface area contributed by atoms with Gasteiger partial charge in [-0.25, -0.2) is 0 Å². The Hall–Kier alpha value is -0.590. The fourth-order valence-corrected chi connectivity index (χ4v) is 0.996. The highest BCUT2D eigenvalue weighted by molar-refractivity contribution is 9.09. The topological polar surface area (TPSA) is 38.9 Å². The fraction of sp³-hybridized carbons (Fsp3) is 0.714. The standard InChI is InChI=1S/C7H8BrF3N2O/c1-2-4(8)6-13-12-5(14-6)3-7(9,10)11/h4H,2-3H2,1H3. The van der Waals surface area contributed by atoms with Gasteiger partial charge in [-0.15, -0.1) is 10.2 Å². The average molecular weight is 273 g/mol. The number of alkyl halides is 4. The van der Waals surface area contributed by atoms with Crippen molar-refractivity contribution in [3.63, 3.8) is 0 Å². The highest BCUT2D eigenvalue weighted by Gasteiger charge is 2.31. The third kappa shape index (κ3) is 3.28. The molecule has 0 aliphatic rings. The summed E-state index contributed by atoms with van der Waals surface area (Å²) in [7, 11) is 0. The first-order valence-corrected chi connectivity index (χ1v) is 4.87. The molecule has 14 heavy (non-hydrogen) atoms. The van der Waals surface area contributed by atoms with Crippen molar-refractivity contribution in [3.05, 3.63) is 11.8 Å². The van der Waals surface area contributed by atoms with E-state index in [9.17, 15) is 13.2 Å². The van der Waals surface area contributed by atoms with Crippen LogP contribution in [0.2, 0.25) is 0 Å². The molecule has 0 aliphatic carbocycles. The van der Waals surface area contributed by atoms with Crippen molar-refractivity contribution in [2.75, 3.05) is 0 Å². The molecule has 0 fully saturated rings. The lowest BCUT2D eigenvalue weighted by molar-refractivity contribution is -0.130. The van der Waals surface area contributed by atoms with Crippen LogP contribution in [0.4, 0.5) is 13.2 Å². The summed E-state index contributed by atoms with van der Waals surface area (Å²) in [6, 6.07) is 0. The second-order valence-electron chi connectivity index (χ2n) is 2.70. The fourth-order valence-electron chi connectivity index (χ4n) is 0.811. The summed E-state index contributed by atoms with van der Waals surface area (Å²) >= 11 is 3.20. The first-order valence-electron chi connectivity index (χ1n) is 3.95. The minimum Gasteiger partial charge on any atom is -0.424 e. The molecule has 0 spiro atoms. The normalized spacial score (nSPS) is 14.4. The molecular formula is C7H8BrF3N2O. The second-order valence-corrected chi connectivity index (χ2v) is 3.81. The van der Waals surface area contributed by atoms with Crippen LogP contribution in [0.25, 0.3) is 0 Å². The van der Waals surface area contributed by atoms with E-state index in [1.165, 1.54) is 0 Å². The molecule has 1 rings (SSSR count).